The summed E-state index contributed by atoms with van der Waals surface area (Å²) in [5, 5.41) is 3.27. The van der Waals surface area contributed by atoms with E-state index in [1.54, 1.807) is 7.11 Å². The molecule has 0 aliphatic heterocycles. The lowest BCUT2D eigenvalue weighted by molar-refractivity contribution is 0.0506. The Morgan fingerprint density at radius 3 is 2.80 bits per heavy atom. The number of nitrogens with one attached hydrogen (secondary N) is 1. The molecule has 0 aliphatic rings. The number of ether oxygens (including phenoxy) is 2. The maximum Gasteiger partial charge on any atom is 0.188 e. The standard InChI is InChI=1S/C11H16BrNO2/c1-3-13-7-9-4-5-11(10(12)6-9)15-8-14-2/h4-6,13H,3,7-8H2,1-2H3. The van der Waals surface area contributed by atoms with E-state index in [4.69, 9.17) is 9.47 Å². The van der Waals surface area contributed by atoms with Gasteiger partial charge in [-0.1, -0.05) is 13.0 Å². The number of hydrogen-bond acceptors (Lipinski definition) is 3. The molecule has 0 fully saturated rings. The molecule has 0 radical (unpaired) electrons. The van der Waals surface area contributed by atoms with Crippen molar-refractivity contribution in [3.8, 4) is 5.75 Å². The Morgan fingerprint density at radius 1 is 1.40 bits per heavy atom. The Balaban J connectivity index is 2.61. The first-order valence-corrected chi connectivity index (χ1v) is 5.68. The Hall–Kier alpha value is -0.580. The molecule has 1 aromatic carbocycles. The zero-order valence-corrected chi connectivity index (χ0v) is 10.6. The molecule has 0 heterocycles. The maximum absolute atomic E-state index is 5.36. The number of halogens is 1. The van der Waals surface area contributed by atoms with Crippen LogP contribution in [0, 0.1) is 0 Å². The van der Waals surface area contributed by atoms with E-state index in [1.165, 1.54) is 5.56 Å². The average molecular weight is 274 g/mol. The van der Waals surface area contributed by atoms with Gasteiger partial charge in [0.1, 0.15) is 5.75 Å². The molecule has 3 nitrogen and oxygen atoms in total. The van der Waals surface area contributed by atoms with Gasteiger partial charge >= 0.3 is 0 Å². The van der Waals surface area contributed by atoms with Gasteiger partial charge in [0, 0.05) is 13.7 Å². The van der Waals surface area contributed by atoms with E-state index in [-0.39, 0.29) is 6.79 Å². The van der Waals surface area contributed by atoms with Crippen molar-refractivity contribution in [1.29, 1.82) is 0 Å². The summed E-state index contributed by atoms with van der Waals surface area (Å²) in [6, 6.07) is 6.03. The van der Waals surface area contributed by atoms with E-state index >= 15 is 0 Å². The van der Waals surface area contributed by atoms with Gasteiger partial charge < -0.3 is 14.8 Å². The van der Waals surface area contributed by atoms with Gasteiger partial charge in [-0.3, -0.25) is 0 Å². The summed E-state index contributed by atoms with van der Waals surface area (Å²) in [5.74, 6) is 0.803. The number of rotatable bonds is 6. The van der Waals surface area contributed by atoms with E-state index in [1.807, 2.05) is 18.2 Å². The lowest BCUT2D eigenvalue weighted by Gasteiger charge is -2.08. The van der Waals surface area contributed by atoms with Crippen LogP contribution in [-0.4, -0.2) is 20.4 Å². The zero-order chi connectivity index (χ0) is 11.1. The van der Waals surface area contributed by atoms with Crippen molar-refractivity contribution in [3.05, 3.63) is 28.2 Å². The number of benzene rings is 1. The molecule has 0 unspecified atom stereocenters. The van der Waals surface area contributed by atoms with Crippen molar-refractivity contribution in [2.75, 3.05) is 20.4 Å². The predicted molar refractivity (Wildman–Crippen MR) is 64.0 cm³/mol. The number of hydrogen-bond donors (Lipinski definition) is 1. The second-order valence-corrected chi connectivity index (χ2v) is 3.95. The van der Waals surface area contributed by atoms with Gasteiger partial charge in [-0.2, -0.15) is 0 Å². The quantitative estimate of drug-likeness (QED) is 0.809. The van der Waals surface area contributed by atoms with Crippen molar-refractivity contribution in [2.45, 2.75) is 13.5 Å². The highest BCUT2D eigenvalue weighted by atomic mass is 79.9. The van der Waals surface area contributed by atoms with Crippen LogP contribution in [0.1, 0.15) is 12.5 Å². The van der Waals surface area contributed by atoms with Crippen LogP contribution >= 0.6 is 15.9 Å². The van der Waals surface area contributed by atoms with Gasteiger partial charge in [-0.25, -0.2) is 0 Å². The third-order valence-electron chi connectivity index (χ3n) is 1.91. The van der Waals surface area contributed by atoms with Crippen molar-refractivity contribution in [3.63, 3.8) is 0 Å². The van der Waals surface area contributed by atoms with Gasteiger partial charge in [0.05, 0.1) is 4.47 Å². The van der Waals surface area contributed by atoms with E-state index in [0.29, 0.717) is 0 Å². The highest BCUT2D eigenvalue weighted by molar-refractivity contribution is 9.10. The van der Waals surface area contributed by atoms with Gasteiger partial charge in [-0.15, -0.1) is 0 Å². The molecule has 1 rings (SSSR count). The zero-order valence-electron chi connectivity index (χ0n) is 9.05. The van der Waals surface area contributed by atoms with Crippen molar-refractivity contribution in [1.82, 2.24) is 5.32 Å². The molecule has 84 valence electrons. The van der Waals surface area contributed by atoms with Crippen molar-refractivity contribution >= 4 is 15.9 Å². The van der Waals surface area contributed by atoms with Crippen LogP contribution in [0.2, 0.25) is 0 Å². The Morgan fingerprint density at radius 2 is 2.20 bits per heavy atom. The normalized spacial score (nSPS) is 10.3. The lowest BCUT2D eigenvalue weighted by Crippen LogP contribution is -2.11. The van der Waals surface area contributed by atoms with Crippen molar-refractivity contribution < 1.29 is 9.47 Å². The van der Waals surface area contributed by atoms with Gasteiger partial charge in [0.15, 0.2) is 6.79 Å². The molecule has 4 heteroatoms. The second-order valence-electron chi connectivity index (χ2n) is 3.10. The highest BCUT2D eigenvalue weighted by Gasteiger charge is 2.01. The molecular formula is C11H16BrNO2. The summed E-state index contributed by atoms with van der Waals surface area (Å²) >= 11 is 3.46. The largest absolute Gasteiger partial charge is 0.466 e. The topological polar surface area (TPSA) is 30.5 Å². The molecule has 0 saturated carbocycles. The minimum atomic E-state index is 0.269. The second kappa shape index (κ2) is 6.82. The number of methoxy groups -OCH3 is 1. The van der Waals surface area contributed by atoms with E-state index in [2.05, 4.69) is 28.2 Å². The van der Waals surface area contributed by atoms with Gasteiger partial charge in [0.2, 0.25) is 0 Å². The van der Waals surface area contributed by atoms with Crippen LogP contribution in [0.15, 0.2) is 22.7 Å². The molecule has 15 heavy (non-hydrogen) atoms. The van der Waals surface area contributed by atoms with Crippen LogP contribution < -0.4 is 10.1 Å². The van der Waals surface area contributed by atoms with Crippen LogP contribution in [0.3, 0.4) is 0 Å². The SMILES string of the molecule is CCNCc1ccc(OCOC)c(Br)c1. The first-order valence-electron chi connectivity index (χ1n) is 4.88. The molecule has 1 aromatic rings. The van der Waals surface area contributed by atoms with Crippen LogP contribution in [0.4, 0.5) is 0 Å². The third kappa shape index (κ3) is 4.20. The Bertz CT molecular complexity index is 305. The summed E-state index contributed by atoms with van der Waals surface area (Å²) in [6.07, 6.45) is 0. The van der Waals surface area contributed by atoms with E-state index in [0.717, 1.165) is 23.3 Å². The minimum Gasteiger partial charge on any atom is -0.466 e. The third-order valence-corrected chi connectivity index (χ3v) is 2.53. The minimum absolute atomic E-state index is 0.269. The maximum atomic E-state index is 5.36. The van der Waals surface area contributed by atoms with Gasteiger partial charge in [0.25, 0.3) is 0 Å². The fourth-order valence-corrected chi connectivity index (χ4v) is 1.70. The Labute approximate surface area is 98.9 Å². The monoisotopic (exact) mass is 273 g/mol. The Kier molecular flexibility index (Phi) is 5.68. The van der Waals surface area contributed by atoms with E-state index in [9.17, 15) is 0 Å². The predicted octanol–water partition coefficient (Wildman–Crippen LogP) is 2.54. The van der Waals surface area contributed by atoms with Crippen LogP contribution in [0.25, 0.3) is 0 Å². The summed E-state index contributed by atoms with van der Waals surface area (Å²) in [7, 11) is 1.60. The summed E-state index contributed by atoms with van der Waals surface area (Å²) in [5.41, 5.74) is 1.23. The fraction of sp³-hybridized carbons (Fsp3) is 0.455. The summed E-state index contributed by atoms with van der Waals surface area (Å²) < 4.78 is 11.2. The molecule has 0 atom stereocenters. The van der Waals surface area contributed by atoms with Crippen LogP contribution in [0.5, 0.6) is 5.75 Å². The molecule has 0 amide bonds. The highest BCUT2D eigenvalue weighted by Crippen LogP contribution is 2.25. The summed E-state index contributed by atoms with van der Waals surface area (Å²) in [4.78, 5) is 0. The molecule has 0 spiro atoms. The average Bonchev–Trinajstić information content (AvgIpc) is 2.25. The molecular weight excluding hydrogens is 258 g/mol. The van der Waals surface area contributed by atoms with Crippen molar-refractivity contribution in [2.24, 2.45) is 0 Å². The van der Waals surface area contributed by atoms with Gasteiger partial charge in [-0.05, 0) is 40.2 Å². The molecule has 1 N–H and O–H groups in total. The molecule has 0 aliphatic carbocycles. The van der Waals surface area contributed by atoms with Crippen LogP contribution in [-0.2, 0) is 11.3 Å². The smallest absolute Gasteiger partial charge is 0.188 e. The summed E-state index contributed by atoms with van der Waals surface area (Å²) in [6.45, 7) is 4.20. The van der Waals surface area contributed by atoms with E-state index < -0.39 is 0 Å². The first-order chi connectivity index (χ1) is 7.27. The lowest BCUT2D eigenvalue weighted by atomic mass is 10.2. The molecule has 0 saturated heterocycles. The molecule has 0 bridgehead atoms. The first kappa shape index (κ1) is 12.5. The molecule has 0 aromatic heterocycles. The fourth-order valence-electron chi connectivity index (χ4n) is 1.16.